The van der Waals surface area contributed by atoms with E-state index in [1.807, 2.05) is 7.05 Å². The van der Waals surface area contributed by atoms with Crippen molar-refractivity contribution in [1.82, 2.24) is 9.78 Å². The third-order valence-corrected chi connectivity index (χ3v) is 6.49. The Morgan fingerprint density at radius 3 is 2.33 bits per heavy atom. The maximum atomic E-state index is 13.3. The Balaban J connectivity index is 1.79. The number of nitrogens with zero attached hydrogens (tertiary/aromatic N) is 2. The van der Waals surface area contributed by atoms with E-state index in [4.69, 9.17) is 11.6 Å². The molecule has 2 unspecified atom stereocenters. The minimum absolute atomic E-state index is 0.194. The zero-order valence-electron chi connectivity index (χ0n) is 13.1. The number of Topliss-reactive ketones (excluding diaryl/α,β-unsaturated/α-hetero) is 1. The first-order chi connectivity index (χ1) is 9.74. The van der Waals surface area contributed by atoms with E-state index in [9.17, 15) is 4.79 Å². The number of aromatic nitrogens is 2. The van der Waals surface area contributed by atoms with E-state index in [-0.39, 0.29) is 11.2 Å². The molecule has 4 fully saturated rings. The highest BCUT2D eigenvalue weighted by molar-refractivity contribution is 6.33. The molecule has 1 aromatic rings. The third kappa shape index (κ3) is 1.86. The molecule has 0 spiro atoms. The second-order valence-electron chi connectivity index (χ2n) is 8.70. The van der Waals surface area contributed by atoms with E-state index in [0.29, 0.717) is 27.5 Å². The van der Waals surface area contributed by atoms with Crippen molar-refractivity contribution in [3.8, 4) is 0 Å². The van der Waals surface area contributed by atoms with E-state index < -0.39 is 0 Å². The molecule has 0 N–H and O–H groups in total. The number of ketones is 1. The molecule has 1 heterocycles. The van der Waals surface area contributed by atoms with E-state index in [0.717, 1.165) is 19.3 Å². The van der Waals surface area contributed by atoms with Crippen LogP contribution in [0.25, 0.3) is 0 Å². The van der Waals surface area contributed by atoms with Crippen LogP contribution in [0.2, 0.25) is 5.02 Å². The minimum Gasteiger partial charge on any atom is -0.292 e. The van der Waals surface area contributed by atoms with Gasteiger partial charge < -0.3 is 0 Å². The average molecular weight is 307 g/mol. The standard InChI is InChI=1S/C17H23ClN2O/c1-15-4-11-5-16(2,8-15)10-17(6-11,9-15)14(21)13-12(18)7-19-20(13)3/h7,11H,4-6,8-10H2,1-3H3. The summed E-state index contributed by atoms with van der Waals surface area (Å²) in [7, 11) is 1.82. The molecular weight excluding hydrogens is 284 g/mol. The van der Waals surface area contributed by atoms with Crippen LogP contribution >= 0.6 is 11.6 Å². The van der Waals surface area contributed by atoms with Crippen LogP contribution in [0.1, 0.15) is 62.9 Å². The fraction of sp³-hybridized carbons (Fsp3) is 0.765. The third-order valence-electron chi connectivity index (χ3n) is 6.22. The summed E-state index contributed by atoms with van der Waals surface area (Å²) in [6, 6.07) is 0. The normalized spacial score (nSPS) is 44.3. The van der Waals surface area contributed by atoms with Crippen LogP contribution in [-0.2, 0) is 7.05 Å². The van der Waals surface area contributed by atoms with Gasteiger partial charge in [-0.05, 0) is 55.3 Å². The van der Waals surface area contributed by atoms with Gasteiger partial charge in [-0.1, -0.05) is 25.4 Å². The Labute approximate surface area is 131 Å². The lowest BCUT2D eigenvalue weighted by Crippen LogP contribution is -2.57. The van der Waals surface area contributed by atoms with Crippen molar-refractivity contribution in [3.63, 3.8) is 0 Å². The first-order valence-electron chi connectivity index (χ1n) is 7.97. The average Bonchev–Trinajstić information content (AvgIpc) is 2.63. The van der Waals surface area contributed by atoms with Crippen LogP contribution in [0.15, 0.2) is 6.20 Å². The van der Waals surface area contributed by atoms with Crippen molar-refractivity contribution >= 4 is 17.4 Å². The lowest BCUT2D eigenvalue weighted by Gasteiger charge is -2.64. The van der Waals surface area contributed by atoms with Crippen molar-refractivity contribution in [2.24, 2.45) is 29.2 Å². The van der Waals surface area contributed by atoms with Crippen molar-refractivity contribution in [2.75, 3.05) is 0 Å². The Hall–Kier alpha value is -0.830. The lowest BCUT2D eigenvalue weighted by molar-refractivity contribution is -0.125. The molecular formula is C17H23ClN2O. The van der Waals surface area contributed by atoms with Gasteiger partial charge in [0, 0.05) is 12.5 Å². The Bertz CT molecular complexity index is 597. The smallest absolute Gasteiger partial charge is 0.188 e. The second kappa shape index (κ2) is 3.92. The summed E-state index contributed by atoms with van der Waals surface area (Å²) < 4.78 is 1.66. The molecule has 0 amide bonds. The van der Waals surface area contributed by atoms with Crippen LogP contribution in [0, 0.1) is 22.2 Å². The molecule has 0 aliphatic heterocycles. The van der Waals surface area contributed by atoms with Crippen LogP contribution in [-0.4, -0.2) is 15.6 Å². The van der Waals surface area contributed by atoms with E-state index in [1.165, 1.54) is 19.3 Å². The summed E-state index contributed by atoms with van der Waals surface area (Å²) in [6.07, 6.45) is 8.61. The van der Waals surface area contributed by atoms with Gasteiger partial charge in [0.2, 0.25) is 0 Å². The van der Waals surface area contributed by atoms with Crippen molar-refractivity contribution in [2.45, 2.75) is 52.4 Å². The fourth-order valence-electron chi connectivity index (χ4n) is 6.62. The first-order valence-corrected chi connectivity index (χ1v) is 8.35. The second-order valence-corrected chi connectivity index (χ2v) is 9.11. The molecule has 1 aromatic heterocycles. The van der Waals surface area contributed by atoms with Gasteiger partial charge in [-0.2, -0.15) is 5.10 Å². The molecule has 5 rings (SSSR count). The van der Waals surface area contributed by atoms with Gasteiger partial charge in [-0.25, -0.2) is 0 Å². The van der Waals surface area contributed by atoms with Crippen LogP contribution in [0.5, 0.6) is 0 Å². The molecule has 3 nitrogen and oxygen atoms in total. The maximum Gasteiger partial charge on any atom is 0.188 e. The van der Waals surface area contributed by atoms with Gasteiger partial charge in [-0.3, -0.25) is 9.48 Å². The van der Waals surface area contributed by atoms with Crippen molar-refractivity contribution < 1.29 is 4.79 Å². The van der Waals surface area contributed by atoms with Gasteiger partial charge in [0.15, 0.2) is 5.78 Å². The van der Waals surface area contributed by atoms with Crippen molar-refractivity contribution in [3.05, 3.63) is 16.9 Å². The van der Waals surface area contributed by atoms with E-state index >= 15 is 0 Å². The highest BCUT2D eigenvalue weighted by Crippen LogP contribution is 2.70. The van der Waals surface area contributed by atoms with Crippen LogP contribution < -0.4 is 0 Å². The van der Waals surface area contributed by atoms with Gasteiger partial charge in [-0.15, -0.1) is 0 Å². The number of halogens is 1. The SMILES string of the molecule is Cn1ncc(Cl)c1C(=O)C12CC3CC(C)(CC(C)(C3)C1)C2. The molecule has 4 saturated carbocycles. The molecule has 0 saturated heterocycles. The number of hydrogen-bond donors (Lipinski definition) is 0. The number of carbonyl (C=O) groups excluding carboxylic acids is 1. The summed E-state index contributed by atoms with van der Waals surface area (Å²) in [5.41, 5.74) is 1.11. The molecule has 114 valence electrons. The molecule has 4 bridgehead atoms. The van der Waals surface area contributed by atoms with E-state index in [2.05, 4.69) is 18.9 Å². The Morgan fingerprint density at radius 1 is 1.24 bits per heavy atom. The molecule has 4 aliphatic rings. The summed E-state index contributed by atoms with van der Waals surface area (Å²) >= 11 is 6.25. The monoisotopic (exact) mass is 306 g/mol. The highest BCUT2D eigenvalue weighted by Gasteiger charge is 2.63. The summed E-state index contributed by atoms with van der Waals surface area (Å²) in [5, 5.41) is 4.67. The van der Waals surface area contributed by atoms with Crippen LogP contribution in [0.4, 0.5) is 0 Å². The molecule has 2 atom stereocenters. The Kier molecular flexibility index (Phi) is 2.58. The Morgan fingerprint density at radius 2 is 1.86 bits per heavy atom. The number of carbonyl (C=O) groups is 1. The molecule has 21 heavy (non-hydrogen) atoms. The number of hydrogen-bond acceptors (Lipinski definition) is 2. The number of rotatable bonds is 2. The van der Waals surface area contributed by atoms with Gasteiger partial charge in [0.05, 0.1) is 11.2 Å². The maximum absolute atomic E-state index is 13.3. The number of aryl methyl sites for hydroxylation is 1. The quantitative estimate of drug-likeness (QED) is 0.765. The van der Waals surface area contributed by atoms with Crippen LogP contribution in [0.3, 0.4) is 0 Å². The molecule has 4 aliphatic carbocycles. The molecule has 4 heteroatoms. The fourth-order valence-corrected chi connectivity index (χ4v) is 6.87. The van der Waals surface area contributed by atoms with E-state index in [1.54, 1.807) is 10.9 Å². The van der Waals surface area contributed by atoms with Gasteiger partial charge >= 0.3 is 0 Å². The largest absolute Gasteiger partial charge is 0.292 e. The first kappa shape index (κ1) is 13.8. The van der Waals surface area contributed by atoms with Crippen molar-refractivity contribution in [1.29, 1.82) is 0 Å². The summed E-state index contributed by atoms with van der Waals surface area (Å²) in [5.74, 6) is 0.959. The summed E-state index contributed by atoms with van der Waals surface area (Å²) in [4.78, 5) is 13.3. The van der Waals surface area contributed by atoms with Gasteiger partial charge in [0.25, 0.3) is 0 Å². The molecule has 0 radical (unpaired) electrons. The highest BCUT2D eigenvalue weighted by atomic mass is 35.5. The predicted molar refractivity (Wildman–Crippen MR) is 82.4 cm³/mol. The summed E-state index contributed by atoms with van der Waals surface area (Å²) in [6.45, 7) is 4.78. The van der Waals surface area contributed by atoms with Gasteiger partial charge in [0.1, 0.15) is 5.69 Å². The zero-order valence-corrected chi connectivity index (χ0v) is 13.8. The molecule has 0 aromatic carbocycles. The topological polar surface area (TPSA) is 34.9 Å². The zero-order chi connectivity index (χ0) is 15.0. The lowest BCUT2D eigenvalue weighted by atomic mass is 9.39. The minimum atomic E-state index is -0.194. The predicted octanol–water partition coefficient (Wildman–Crippen LogP) is 4.25.